The molecule has 2 atom stereocenters. The maximum atomic E-state index is 9.55. The molecule has 0 radical (unpaired) electrons. The van der Waals surface area contributed by atoms with Gasteiger partial charge in [0.1, 0.15) is 0 Å². The average Bonchev–Trinajstić information content (AvgIpc) is 2.71. The molecule has 0 spiro atoms. The molecule has 0 aliphatic heterocycles. The number of methoxy groups -OCH3 is 1. The zero-order valence-electron chi connectivity index (χ0n) is 10.7. The number of rotatable bonds is 6. The Labute approximate surface area is 113 Å². The van der Waals surface area contributed by atoms with Gasteiger partial charge in [0.05, 0.1) is 12.7 Å². The van der Waals surface area contributed by atoms with Gasteiger partial charge in [-0.2, -0.15) is 0 Å². The fourth-order valence-electron chi connectivity index (χ4n) is 2.46. The van der Waals surface area contributed by atoms with E-state index in [-0.39, 0.29) is 6.10 Å². The molecule has 100 valence electrons. The maximum Gasteiger partial charge on any atom is 0.0785 e. The normalized spacial score (nSPS) is 19.8. The molecule has 1 aliphatic carbocycles. The van der Waals surface area contributed by atoms with Crippen LogP contribution in [-0.4, -0.2) is 37.5 Å². The van der Waals surface area contributed by atoms with Crippen LogP contribution in [0.15, 0.2) is 18.2 Å². The SMILES string of the molecule is COCC(O)CCNC1Cc2ccc(Cl)cc2C1. The van der Waals surface area contributed by atoms with Crippen LogP contribution in [0.1, 0.15) is 17.5 Å². The first-order chi connectivity index (χ1) is 8.69. The van der Waals surface area contributed by atoms with Crippen molar-refractivity contribution in [2.75, 3.05) is 20.3 Å². The van der Waals surface area contributed by atoms with E-state index in [1.165, 1.54) is 11.1 Å². The number of ether oxygens (including phenoxy) is 1. The van der Waals surface area contributed by atoms with Crippen LogP contribution in [0.3, 0.4) is 0 Å². The van der Waals surface area contributed by atoms with E-state index in [4.69, 9.17) is 16.3 Å². The number of halogens is 1. The Morgan fingerprint density at radius 3 is 3.00 bits per heavy atom. The highest BCUT2D eigenvalue weighted by Crippen LogP contribution is 2.25. The third-order valence-corrected chi connectivity index (χ3v) is 3.61. The second kappa shape index (κ2) is 6.53. The summed E-state index contributed by atoms with van der Waals surface area (Å²) in [5.74, 6) is 0. The summed E-state index contributed by atoms with van der Waals surface area (Å²) < 4.78 is 4.90. The topological polar surface area (TPSA) is 41.5 Å². The monoisotopic (exact) mass is 269 g/mol. The lowest BCUT2D eigenvalue weighted by molar-refractivity contribution is 0.0590. The lowest BCUT2D eigenvalue weighted by Crippen LogP contribution is -2.32. The van der Waals surface area contributed by atoms with Crippen molar-refractivity contribution >= 4 is 11.6 Å². The van der Waals surface area contributed by atoms with Gasteiger partial charge in [0.25, 0.3) is 0 Å². The molecule has 2 N–H and O–H groups in total. The Kier molecular flexibility index (Phi) is 5.01. The van der Waals surface area contributed by atoms with Crippen molar-refractivity contribution in [3.63, 3.8) is 0 Å². The summed E-state index contributed by atoms with van der Waals surface area (Å²) in [5.41, 5.74) is 2.73. The molecule has 3 nitrogen and oxygen atoms in total. The van der Waals surface area contributed by atoms with Crippen LogP contribution in [-0.2, 0) is 17.6 Å². The van der Waals surface area contributed by atoms with Crippen LogP contribution in [0.5, 0.6) is 0 Å². The summed E-state index contributed by atoms with van der Waals surface area (Å²) in [4.78, 5) is 0. The Hall–Kier alpha value is -0.610. The fraction of sp³-hybridized carbons (Fsp3) is 0.571. The zero-order chi connectivity index (χ0) is 13.0. The van der Waals surface area contributed by atoms with Crippen LogP contribution < -0.4 is 5.32 Å². The molecule has 0 bridgehead atoms. The van der Waals surface area contributed by atoms with Gasteiger partial charge in [0, 0.05) is 18.2 Å². The highest BCUT2D eigenvalue weighted by atomic mass is 35.5. The number of nitrogens with one attached hydrogen (secondary N) is 1. The van der Waals surface area contributed by atoms with Crippen molar-refractivity contribution < 1.29 is 9.84 Å². The van der Waals surface area contributed by atoms with E-state index in [0.29, 0.717) is 12.6 Å². The smallest absolute Gasteiger partial charge is 0.0785 e. The Morgan fingerprint density at radius 2 is 2.22 bits per heavy atom. The molecule has 0 heterocycles. The second-order valence-corrected chi connectivity index (χ2v) is 5.31. The molecule has 0 saturated heterocycles. The van der Waals surface area contributed by atoms with E-state index in [0.717, 1.165) is 30.8 Å². The molecule has 0 amide bonds. The van der Waals surface area contributed by atoms with E-state index in [1.807, 2.05) is 6.07 Å². The van der Waals surface area contributed by atoms with Gasteiger partial charge in [-0.05, 0) is 49.1 Å². The molecular formula is C14H20ClNO2. The van der Waals surface area contributed by atoms with Crippen molar-refractivity contribution in [2.24, 2.45) is 0 Å². The van der Waals surface area contributed by atoms with Crippen molar-refractivity contribution in [3.05, 3.63) is 34.3 Å². The molecule has 1 aromatic rings. The van der Waals surface area contributed by atoms with Gasteiger partial charge in [0.15, 0.2) is 0 Å². The number of hydrogen-bond acceptors (Lipinski definition) is 3. The van der Waals surface area contributed by atoms with Crippen molar-refractivity contribution in [2.45, 2.75) is 31.4 Å². The minimum atomic E-state index is -0.374. The standard InChI is InChI=1S/C14H20ClNO2/c1-18-9-14(17)4-5-16-13-7-10-2-3-12(15)6-11(10)8-13/h2-3,6,13-14,16-17H,4-5,7-9H2,1H3. The molecule has 1 aliphatic rings. The van der Waals surface area contributed by atoms with Gasteiger partial charge >= 0.3 is 0 Å². The van der Waals surface area contributed by atoms with Crippen molar-refractivity contribution in [3.8, 4) is 0 Å². The Morgan fingerprint density at radius 1 is 1.44 bits per heavy atom. The molecule has 0 saturated carbocycles. The molecule has 4 heteroatoms. The zero-order valence-corrected chi connectivity index (χ0v) is 11.4. The van der Waals surface area contributed by atoms with Gasteiger partial charge in [0.2, 0.25) is 0 Å². The van der Waals surface area contributed by atoms with Crippen LogP contribution in [0, 0.1) is 0 Å². The van der Waals surface area contributed by atoms with E-state index < -0.39 is 0 Å². The summed E-state index contributed by atoms with van der Waals surface area (Å²) in [5, 5.41) is 13.8. The first kappa shape index (κ1) is 13.8. The molecule has 2 unspecified atom stereocenters. The van der Waals surface area contributed by atoms with Gasteiger partial charge in [-0.3, -0.25) is 0 Å². The van der Waals surface area contributed by atoms with E-state index in [9.17, 15) is 5.11 Å². The van der Waals surface area contributed by atoms with Crippen molar-refractivity contribution in [1.29, 1.82) is 0 Å². The molecule has 2 rings (SSSR count). The Bertz CT molecular complexity index is 397. The second-order valence-electron chi connectivity index (χ2n) is 4.87. The van der Waals surface area contributed by atoms with Crippen LogP contribution >= 0.6 is 11.6 Å². The lowest BCUT2D eigenvalue weighted by atomic mass is 10.1. The largest absolute Gasteiger partial charge is 0.391 e. The van der Waals surface area contributed by atoms with Crippen LogP contribution in [0.2, 0.25) is 5.02 Å². The summed E-state index contributed by atoms with van der Waals surface area (Å²) in [6, 6.07) is 6.58. The number of hydrogen-bond donors (Lipinski definition) is 2. The lowest BCUT2D eigenvalue weighted by Gasteiger charge is -2.14. The number of fused-ring (bicyclic) bond motifs is 1. The minimum Gasteiger partial charge on any atom is -0.391 e. The van der Waals surface area contributed by atoms with E-state index in [1.54, 1.807) is 7.11 Å². The third kappa shape index (κ3) is 3.69. The number of aliphatic hydroxyl groups is 1. The quantitative estimate of drug-likeness (QED) is 0.827. The summed E-state index contributed by atoms with van der Waals surface area (Å²) in [6.45, 7) is 1.22. The van der Waals surface area contributed by atoms with Gasteiger partial charge in [-0.15, -0.1) is 0 Å². The van der Waals surface area contributed by atoms with Gasteiger partial charge in [-0.25, -0.2) is 0 Å². The summed E-state index contributed by atoms with van der Waals surface area (Å²) >= 11 is 5.98. The van der Waals surface area contributed by atoms with E-state index in [2.05, 4.69) is 17.4 Å². The third-order valence-electron chi connectivity index (χ3n) is 3.37. The minimum absolute atomic E-state index is 0.374. The first-order valence-corrected chi connectivity index (χ1v) is 6.74. The first-order valence-electron chi connectivity index (χ1n) is 6.36. The summed E-state index contributed by atoms with van der Waals surface area (Å²) in [6.07, 6.45) is 2.42. The fourth-order valence-corrected chi connectivity index (χ4v) is 2.66. The molecule has 1 aromatic carbocycles. The molecule has 0 aromatic heterocycles. The number of aliphatic hydroxyl groups excluding tert-OH is 1. The van der Waals surface area contributed by atoms with Crippen molar-refractivity contribution in [1.82, 2.24) is 5.32 Å². The maximum absolute atomic E-state index is 9.55. The predicted molar refractivity (Wildman–Crippen MR) is 73.2 cm³/mol. The van der Waals surface area contributed by atoms with E-state index >= 15 is 0 Å². The van der Waals surface area contributed by atoms with Gasteiger partial charge in [-0.1, -0.05) is 17.7 Å². The molecular weight excluding hydrogens is 250 g/mol. The van der Waals surface area contributed by atoms with Crippen LogP contribution in [0.25, 0.3) is 0 Å². The number of benzene rings is 1. The van der Waals surface area contributed by atoms with Gasteiger partial charge < -0.3 is 15.2 Å². The average molecular weight is 270 g/mol. The molecule has 0 fully saturated rings. The predicted octanol–water partition coefficient (Wildman–Crippen LogP) is 1.79. The summed E-state index contributed by atoms with van der Waals surface area (Å²) in [7, 11) is 1.61. The highest BCUT2D eigenvalue weighted by molar-refractivity contribution is 6.30. The highest BCUT2D eigenvalue weighted by Gasteiger charge is 2.20. The van der Waals surface area contributed by atoms with Crippen LogP contribution in [0.4, 0.5) is 0 Å². The molecule has 18 heavy (non-hydrogen) atoms. The Balaban J connectivity index is 1.74.